The van der Waals surface area contributed by atoms with Crippen LogP contribution in [0.25, 0.3) is 0 Å². The average Bonchev–Trinajstić information content (AvgIpc) is 1.94. The number of ether oxygens (including phenoxy) is 1. The van der Waals surface area contributed by atoms with E-state index in [1.165, 1.54) is 0 Å². The first-order chi connectivity index (χ1) is 4.84. The quantitative estimate of drug-likeness (QED) is 0.568. The number of allylic oxidation sites excluding steroid dienone is 2. The van der Waals surface area contributed by atoms with Gasteiger partial charge in [0.1, 0.15) is 0 Å². The van der Waals surface area contributed by atoms with Crippen molar-refractivity contribution in [2.45, 2.75) is 20.0 Å². The molecule has 1 nitrogen and oxygen atoms in total. The van der Waals surface area contributed by atoms with Gasteiger partial charge in [-0.15, -0.1) is 0 Å². The minimum atomic E-state index is 0.301. The maximum atomic E-state index is 5.46. The van der Waals surface area contributed by atoms with Crippen LogP contribution >= 0.6 is 0 Å². The third-order valence-electron chi connectivity index (χ3n) is 1.70. The lowest BCUT2D eigenvalue weighted by Crippen LogP contribution is -2.19. The van der Waals surface area contributed by atoms with Crippen LogP contribution in [0, 0.1) is 5.92 Å². The van der Waals surface area contributed by atoms with Crippen LogP contribution in [0.3, 0.4) is 0 Å². The second-order valence-electron chi connectivity index (χ2n) is 2.55. The highest BCUT2D eigenvalue weighted by molar-refractivity contribution is 5.14. The molecule has 0 N–H and O–H groups in total. The summed E-state index contributed by atoms with van der Waals surface area (Å²) in [4.78, 5) is 0. The predicted octanol–water partition coefficient (Wildman–Crippen LogP) is 2.15. The zero-order valence-electron chi connectivity index (χ0n) is 6.58. The molecule has 0 aromatic heterocycles. The van der Waals surface area contributed by atoms with Crippen LogP contribution in [0.5, 0.6) is 0 Å². The fourth-order valence-corrected chi connectivity index (χ4v) is 1.10. The first kappa shape index (κ1) is 7.55. The van der Waals surface area contributed by atoms with Gasteiger partial charge >= 0.3 is 0 Å². The molecule has 0 aromatic carbocycles. The van der Waals surface area contributed by atoms with E-state index >= 15 is 0 Å². The molecule has 0 spiro atoms. The van der Waals surface area contributed by atoms with Crippen molar-refractivity contribution in [2.75, 3.05) is 6.61 Å². The Hall–Kier alpha value is -0.560. The molecule has 0 saturated carbocycles. The van der Waals surface area contributed by atoms with Crippen LogP contribution in [0.1, 0.15) is 13.8 Å². The Labute approximate surface area is 62.4 Å². The molecular formula is C9H14O. The maximum Gasteiger partial charge on any atom is 0.0818 e. The van der Waals surface area contributed by atoms with Gasteiger partial charge in [-0.05, 0) is 6.92 Å². The van der Waals surface area contributed by atoms with E-state index in [1.807, 2.05) is 13.0 Å². The van der Waals surface area contributed by atoms with Crippen molar-refractivity contribution < 1.29 is 4.74 Å². The van der Waals surface area contributed by atoms with E-state index in [9.17, 15) is 0 Å². The standard InChI is InChI=1S/C9H14O/c1-3-10-9-7-5-4-6-8(9)2/h4-9H,3H2,1-2H3. The minimum Gasteiger partial charge on any atom is -0.374 e. The van der Waals surface area contributed by atoms with Crippen molar-refractivity contribution in [3.05, 3.63) is 24.3 Å². The smallest absolute Gasteiger partial charge is 0.0818 e. The van der Waals surface area contributed by atoms with Crippen molar-refractivity contribution in [1.82, 2.24) is 0 Å². The maximum absolute atomic E-state index is 5.46. The zero-order valence-corrected chi connectivity index (χ0v) is 6.58. The van der Waals surface area contributed by atoms with Gasteiger partial charge in [0.15, 0.2) is 0 Å². The van der Waals surface area contributed by atoms with Crippen molar-refractivity contribution in [2.24, 2.45) is 5.92 Å². The summed E-state index contributed by atoms with van der Waals surface area (Å²) in [7, 11) is 0. The van der Waals surface area contributed by atoms with E-state index in [0.29, 0.717) is 12.0 Å². The molecule has 0 saturated heterocycles. The topological polar surface area (TPSA) is 9.23 Å². The lowest BCUT2D eigenvalue weighted by molar-refractivity contribution is 0.0717. The monoisotopic (exact) mass is 138 g/mol. The predicted molar refractivity (Wildman–Crippen MR) is 42.9 cm³/mol. The van der Waals surface area contributed by atoms with Gasteiger partial charge in [-0.25, -0.2) is 0 Å². The number of hydrogen-bond donors (Lipinski definition) is 0. The summed E-state index contributed by atoms with van der Waals surface area (Å²) in [5.74, 6) is 0.532. The van der Waals surface area contributed by atoms with Crippen molar-refractivity contribution in [3.63, 3.8) is 0 Å². The van der Waals surface area contributed by atoms with Crippen molar-refractivity contribution in [1.29, 1.82) is 0 Å². The molecule has 0 aromatic rings. The van der Waals surface area contributed by atoms with Gasteiger partial charge in [-0.3, -0.25) is 0 Å². The van der Waals surface area contributed by atoms with Crippen LogP contribution in [0.15, 0.2) is 24.3 Å². The van der Waals surface area contributed by atoms with E-state index in [4.69, 9.17) is 4.74 Å². The van der Waals surface area contributed by atoms with Crippen LogP contribution < -0.4 is 0 Å². The number of rotatable bonds is 2. The fraction of sp³-hybridized carbons (Fsp3) is 0.556. The normalized spacial score (nSPS) is 31.0. The van der Waals surface area contributed by atoms with E-state index in [2.05, 4.69) is 25.2 Å². The van der Waals surface area contributed by atoms with Gasteiger partial charge in [0, 0.05) is 12.5 Å². The summed E-state index contributed by atoms with van der Waals surface area (Å²) in [5.41, 5.74) is 0. The molecule has 2 atom stereocenters. The highest BCUT2D eigenvalue weighted by Gasteiger charge is 2.12. The lowest BCUT2D eigenvalue weighted by Gasteiger charge is -2.19. The molecule has 1 rings (SSSR count). The first-order valence-corrected chi connectivity index (χ1v) is 3.81. The van der Waals surface area contributed by atoms with Gasteiger partial charge < -0.3 is 4.74 Å². The average molecular weight is 138 g/mol. The summed E-state index contributed by atoms with van der Waals surface area (Å²) in [6.45, 7) is 4.99. The summed E-state index contributed by atoms with van der Waals surface area (Å²) < 4.78 is 5.46. The Morgan fingerprint density at radius 3 is 2.60 bits per heavy atom. The Morgan fingerprint density at radius 2 is 2.00 bits per heavy atom. The molecule has 0 radical (unpaired) electrons. The second-order valence-corrected chi connectivity index (χ2v) is 2.55. The van der Waals surface area contributed by atoms with E-state index < -0.39 is 0 Å². The van der Waals surface area contributed by atoms with Gasteiger partial charge in [-0.2, -0.15) is 0 Å². The van der Waals surface area contributed by atoms with E-state index in [1.54, 1.807) is 0 Å². The zero-order chi connectivity index (χ0) is 7.40. The van der Waals surface area contributed by atoms with Gasteiger partial charge in [0.2, 0.25) is 0 Å². The Bertz CT molecular complexity index is 147. The van der Waals surface area contributed by atoms with Crippen molar-refractivity contribution in [3.8, 4) is 0 Å². The largest absolute Gasteiger partial charge is 0.374 e. The third kappa shape index (κ3) is 1.71. The highest BCUT2D eigenvalue weighted by atomic mass is 16.5. The molecular weight excluding hydrogens is 124 g/mol. The van der Waals surface area contributed by atoms with Crippen LogP contribution in [0.2, 0.25) is 0 Å². The molecule has 56 valence electrons. The molecule has 0 aliphatic heterocycles. The molecule has 0 bridgehead atoms. The summed E-state index contributed by atoms with van der Waals surface area (Å²) in [6.07, 6.45) is 8.68. The Morgan fingerprint density at radius 1 is 1.30 bits per heavy atom. The van der Waals surface area contributed by atoms with E-state index in [-0.39, 0.29) is 0 Å². The number of hydrogen-bond acceptors (Lipinski definition) is 1. The summed E-state index contributed by atoms with van der Waals surface area (Å²) >= 11 is 0. The van der Waals surface area contributed by atoms with Gasteiger partial charge in [-0.1, -0.05) is 31.2 Å². The Balaban J connectivity index is 2.44. The Kier molecular flexibility index (Phi) is 2.69. The SMILES string of the molecule is CCOC1C=CC=CC1C. The van der Waals surface area contributed by atoms with Gasteiger partial charge in [0.05, 0.1) is 6.10 Å². The van der Waals surface area contributed by atoms with E-state index in [0.717, 1.165) is 6.61 Å². The van der Waals surface area contributed by atoms with Gasteiger partial charge in [0.25, 0.3) is 0 Å². The van der Waals surface area contributed by atoms with Crippen LogP contribution in [-0.2, 0) is 4.74 Å². The summed E-state index contributed by atoms with van der Waals surface area (Å²) in [5, 5.41) is 0. The third-order valence-corrected chi connectivity index (χ3v) is 1.70. The van der Waals surface area contributed by atoms with Crippen LogP contribution in [0.4, 0.5) is 0 Å². The lowest BCUT2D eigenvalue weighted by atomic mass is 10.0. The fourth-order valence-electron chi connectivity index (χ4n) is 1.10. The molecule has 0 amide bonds. The minimum absolute atomic E-state index is 0.301. The highest BCUT2D eigenvalue weighted by Crippen LogP contribution is 2.14. The van der Waals surface area contributed by atoms with Crippen LogP contribution in [-0.4, -0.2) is 12.7 Å². The molecule has 0 fully saturated rings. The molecule has 10 heavy (non-hydrogen) atoms. The second kappa shape index (κ2) is 3.57. The molecule has 1 aliphatic rings. The molecule has 0 heterocycles. The summed E-state index contributed by atoms with van der Waals surface area (Å²) in [6, 6.07) is 0. The molecule has 2 unspecified atom stereocenters. The molecule has 1 heteroatoms. The van der Waals surface area contributed by atoms with Crippen molar-refractivity contribution >= 4 is 0 Å². The first-order valence-electron chi connectivity index (χ1n) is 3.81. The molecule has 1 aliphatic carbocycles.